The van der Waals surface area contributed by atoms with Gasteiger partial charge in [0.25, 0.3) is 0 Å². The second-order valence-corrected chi connectivity index (χ2v) is 9.19. The van der Waals surface area contributed by atoms with Crippen LogP contribution in [-0.4, -0.2) is 64.7 Å². The molecule has 0 aliphatic carbocycles. The fourth-order valence-electron chi connectivity index (χ4n) is 4.04. The summed E-state index contributed by atoms with van der Waals surface area (Å²) < 4.78 is 48.6. The van der Waals surface area contributed by atoms with E-state index in [-0.39, 0.29) is 11.5 Å². The second kappa shape index (κ2) is 7.90. The monoisotopic (exact) mass is 412 g/mol. The first-order valence-corrected chi connectivity index (χ1v) is 10.5. The number of rotatable bonds is 6. The van der Waals surface area contributed by atoms with Gasteiger partial charge >= 0.3 is 5.97 Å². The predicted octanol–water partition coefficient (Wildman–Crippen LogP) is 0.902. The van der Waals surface area contributed by atoms with Gasteiger partial charge in [-0.3, -0.25) is 9.59 Å². The second-order valence-electron chi connectivity index (χ2n) is 7.09. The van der Waals surface area contributed by atoms with Gasteiger partial charge in [0.2, 0.25) is 0 Å². The third-order valence-electron chi connectivity index (χ3n) is 5.38. The molecule has 3 heterocycles. The van der Waals surface area contributed by atoms with Gasteiger partial charge in [-0.15, -0.1) is 0 Å². The maximum atomic E-state index is 13.5. The van der Waals surface area contributed by atoms with Crippen LogP contribution in [0.2, 0.25) is 0 Å². The van der Waals surface area contributed by atoms with Gasteiger partial charge in [-0.2, -0.15) is 0 Å². The molecule has 3 aliphatic rings. The number of hydrogen-bond acceptors (Lipinski definition) is 8. The molecular weight excluding hydrogens is 388 g/mol. The van der Waals surface area contributed by atoms with Crippen LogP contribution >= 0.6 is 0 Å². The Bertz CT molecular complexity index is 847. The lowest BCUT2D eigenvalue weighted by Crippen LogP contribution is -2.67. The van der Waals surface area contributed by atoms with Crippen LogP contribution in [0, 0.1) is 18.8 Å². The molecule has 4 rings (SSSR count). The highest BCUT2D eigenvalue weighted by molar-refractivity contribution is 7.92. The van der Waals surface area contributed by atoms with Crippen molar-refractivity contribution in [2.75, 3.05) is 20.8 Å². The number of hydrogen-bond donors (Lipinski definition) is 0. The highest BCUT2D eigenvalue weighted by Crippen LogP contribution is 2.44. The Morgan fingerprint density at radius 1 is 1.18 bits per heavy atom. The van der Waals surface area contributed by atoms with E-state index in [1.807, 2.05) is 6.92 Å². The number of Topliss-reactive ketones (excluding diaryl/α,β-unsaturated/α-hetero) is 1. The normalized spacial score (nSPS) is 30.6. The van der Waals surface area contributed by atoms with Crippen molar-refractivity contribution in [3.63, 3.8) is 0 Å². The number of carbonyl (C=O) groups excluding carboxylic acids is 2. The molecule has 2 bridgehead atoms. The number of esters is 1. The molecule has 1 aromatic carbocycles. The first kappa shape index (κ1) is 20.9. The van der Waals surface area contributed by atoms with E-state index in [2.05, 4.69) is 0 Å². The third kappa shape index (κ3) is 3.47. The van der Waals surface area contributed by atoms with Gasteiger partial charge in [0.15, 0.2) is 16.1 Å². The summed E-state index contributed by atoms with van der Waals surface area (Å²) in [5.74, 6) is -3.48. The fourth-order valence-corrected chi connectivity index (χ4v) is 6.18. The first-order chi connectivity index (χ1) is 13.2. The molecule has 6 atom stereocenters. The highest BCUT2D eigenvalue weighted by Gasteiger charge is 2.61. The van der Waals surface area contributed by atoms with Gasteiger partial charge < -0.3 is 18.9 Å². The summed E-state index contributed by atoms with van der Waals surface area (Å²) in [6.07, 6.45) is -2.68. The molecule has 3 aliphatic heterocycles. The molecule has 28 heavy (non-hydrogen) atoms. The number of carbonyl (C=O) groups is 2. The van der Waals surface area contributed by atoms with Gasteiger partial charge in [0.05, 0.1) is 24.7 Å². The minimum absolute atomic E-state index is 0.0654. The molecule has 0 saturated carbocycles. The van der Waals surface area contributed by atoms with Crippen LogP contribution in [0.4, 0.5) is 0 Å². The Morgan fingerprint density at radius 3 is 2.36 bits per heavy atom. The lowest BCUT2D eigenvalue weighted by atomic mass is 9.77. The van der Waals surface area contributed by atoms with E-state index < -0.39 is 57.2 Å². The summed E-state index contributed by atoms with van der Waals surface area (Å²) in [7, 11) is -1.41. The lowest BCUT2D eigenvalue weighted by Gasteiger charge is -2.51. The van der Waals surface area contributed by atoms with Crippen molar-refractivity contribution < 1.29 is 37.0 Å². The summed E-state index contributed by atoms with van der Waals surface area (Å²) in [4.78, 5) is 24.8. The Kier molecular flexibility index (Phi) is 5.90. The Labute approximate surface area is 164 Å². The van der Waals surface area contributed by atoms with Crippen LogP contribution in [-0.2, 0) is 38.4 Å². The number of ketones is 1. The van der Waals surface area contributed by atoms with E-state index in [0.29, 0.717) is 0 Å². The summed E-state index contributed by atoms with van der Waals surface area (Å²) in [6, 6.07) is 6.40. The molecule has 0 N–H and O–H groups in total. The molecule has 1 aromatic rings. The van der Waals surface area contributed by atoms with Gasteiger partial charge in [0, 0.05) is 13.0 Å². The summed E-state index contributed by atoms with van der Waals surface area (Å²) >= 11 is 0. The minimum atomic E-state index is -3.97. The fraction of sp³-hybridized carbons (Fsp3) is 0.579. The Hall–Kier alpha value is -1.81. The SMILES string of the molecule is COC(=O)C(C(C)=O)[C@H]1[C@H](S(=O)(=O)c2ccc(C)cc2)[C@@H]2OC[C@H]1O[C@@H]2OC. The molecule has 3 saturated heterocycles. The van der Waals surface area contributed by atoms with Crippen molar-refractivity contribution in [2.24, 2.45) is 11.8 Å². The zero-order valence-electron chi connectivity index (χ0n) is 16.2. The number of methoxy groups -OCH3 is 2. The van der Waals surface area contributed by atoms with Gasteiger partial charge in [-0.05, 0) is 26.0 Å². The maximum absolute atomic E-state index is 13.5. The van der Waals surface area contributed by atoms with E-state index in [9.17, 15) is 18.0 Å². The summed E-state index contributed by atoms with van der Waals surface area (Å²) in [6.45, 7) is 3.16. The summed E-state index contributed by atoms with van der Waals surface area (Å²) in [5, 5.41) is -1.19. The molecule has 0 spiro atoms. The molecular formula is C19H24O8S. The van der Waals surface area contributed by atoms with Crippen LogP contribution in [0.15, 0.2) is 29.2 Å². The Morgan fingerprint density at radius 2 is 1.82 bits per heavy atom. The van der Waals surface area contributed by atoms with Crippen LogP contribution in [0.5, 0.6) is 0 Å². The largest absolute Gasteiger partial charge is 0.468 e. The number of ether oxygens (including phenoxy) is 4. The van der Waals surface area contributed by atoms with E-state index >= 15 is 0 Å². The maximum Gasteiger partial charge on any atom is 0.316 e. The number of benzene rings is 1. The zero-order chi connectivity index (χ0) is 20.6. The molecule has 9 heteroatoms. The lowest BCUT2D eigenvalue weighted by molar-refractivity contribution is -0.311. The van der Waals surface area contributed by atoms with Crippen molar-refractivity contribution in [1.82, 2.24) is 0 Å². The molecule has 0 radical (unpaired) electrons. The van der Waals surface area contributed by atoms with Crippen molar-refractivity contribution in [1.29, 1.82) is 0 Å². The van der Waals surface area contributed by atoms with Crippen molar-refractivity contribution >= 4 is 21.6 Å². The topological polar surface area (TPSA) is 105 Å². The minimum Gasteiger partial charge on any atom is -0.468 e. The average molecular weight is 412 g/mol. The summed E-state index contributed by atoms with van der Waals surface area (Å²) in [5.41, 5.74) is 0.909. The van der Waals surface area contributed by atoms with Gasteiger partial charge in [0.1, 0.15) is 23.1 Å². The average Bonchev–Trinajstić information content (AvgIpc) is 2.68. The quantitative estimate of drug-likeness (QED) is 0.501. The molecule has 0 amide bonds. The number of sulfone groups is 1. The van der Waals surface area contributed by atoms with Crippen LogP contribution < -0.4 is 0 Å². The van der Waals surface area contributed by atoms with Gasteiger partial charge in [-0.1, -0.05) is 17.7 Å². The van der Waals surface area contributed by atoms with Crippen molar-refractivity contribution in [3.8, 4) is 0 Å². The van der Waals surface area contributed by atoms with E-state index in [1.54, 1.807) is 12.1 Å². The van der Waals surface area contributed by atoms with Gasteiger partial charge in [-0.25, -0.2) is 8.42 Å². The molecule has 1 unspecified atom stereocenters. The molecule has 8 nitrogen and oxygen atoms in total. The van der Waals surface area contributed by atoms with E-state index in [4.69, 9.17) is 18.9 Å². The van der Waals surface area contributed by atoms with Crippen LogP contribution in [0.1, 0.15) is 12.5 Å². The predicted molar refractivity (Wildman–Crippen MR) is 97.2 cm³/mol. The van der Waals surface area contributed by atoms with Crippen molar-refractivity contribution in [2.45, 2.75) is 42.5 Å². The smallest absolute Gasteiger partial charge is 0.316 e. The van der Waals surface area contributed by atoms with E-state index in [1.165, 1.54) is 26.2 Å². The molecule has 154 valence electrons. The molecule has 3 fully saturated rings. The Balaban J connectivity index is 2.13. The third-order valence-corrected chi connectivity index (χ3v) is 7.61. The number of fused-ring (bicyclic) bond motifs is 3. The van der Waals surface area contributed by atoms with Crippen LogP contribution in [0.25, 0.3) is 0 Å². The van der Waals surface area contributed by atoms with Crippen molar-refractivity contribution in [3.05, 3.63) is 29.8 Å². The highest BCUT2D eigenvalue weighted by atomic mass is 32.2. The van der Waals surface area contributed by atoms with Crippen LogP contribution in [0.3, 0.4) is 0 Å². The number of aryl methyl sites for hydroxylation is 1. The molecule has 0 aromatic heterocycles. The standard InChI is InChI=1S/C19H24O8S/c1-10-5-7-12(8-6-10)28(22,23)17-15(14(11(2)20)18(21)24-3)13-9-26-16(17)19(25-4)27-13/h5-8,13-17,19H,9H2,1-4H3/t13-,14?,15+,16+,17+,19+/m1/s1. The van der Waals surface area contributed by atoms with E-state index in [0.717, 1.165) is 12.7 Å². The zero-order valence-corrected chi connectivity index (χ0v) is 17.0. The first-order valence-electron chi connectivity index (χ1n) is 8.91.